The van der Waals surface area contributed by atoms with Crippen molar-refractivity contribution in [2.45, 2.75) is 100 Å². The summed E-state index contributed by atoms with van der Waals surface area (Å²) in [5.74, 6) is -7.80. The third-order valence-electron chi connectivity index (χ3n) is 23.6. The van der Waals surface area contributed by atoms with E-state index in [0.29, 0.717) is 114 Å². The number of hydrogen-bond donors (Lipinski definition) is 7. The van der Waals surface area contributed by atoms with Crippen molar-refractivity contribution in [2.75, 3.05) is 30.9 Å². The van der Waals surface area contributed by atoms with Crippen molar-refractivity contribution in [1.82, 2.24) is 22.8 Å². The van der Waals surface area contributed by atoms with E-state index in [0.717, 1.165) is 40.6 Å². The average molecular weight is 2170 g/mol. The second kappa shape index (κ2) is 42.9. The maximum atomic E-state index is 13.9. The van der Waals surface area contributed by atoms with Crippen molar-refractivity contribution in [3.8, 4) is 0 Å². The molecule has 142 heavy (non-hydrogen) atoms. The van der Waals surface area contributed by atoms with Crippen molar-refractivity contribution in [3.05, 3.63) is 337 Å². The molecule has 1 unspecified atom stereocenters. The van der Waals surface area contributed by atoms with E-state index in [1.165, 1.54) is 86.7 Å². The molecule has 17 aromatic rings. The normalized spacial score (nSPS) is 12.1. The molecule has 1 aliphatic rings. The number of pyridine rings is 5. The molecule has 0 radical (unpaired) electrons. The molecule has 0 saturated heterocycles. The highest BCUT2D eigenvalue weighted by molar-refractivity contribution is 6.48. The maximum absolute atomic E-state index is 13.9. The third-order valence-corrected chi connectivity index (χ3v) is 28.3. The number of nitrogens with one attached hydrogen (secondary N) is 1. The van der Waals surface area contributed by atoms with E-state index in [1.54, 1.807) is 90.4 Å². The van der Waals surface area contributed by atoms with Crippen LogP contribution in [0.3, 0.4) is 0 Å². The number of nitrogens with zero attached hydrogens (tertiary/aromatic N) is 6. The van der Waals surface area contributed by atoms with Gasteiger partial charge in [0, 0.05) is 96.9 Å². The van der Waals surface area contributed by atoms with Gasteiger partial charge >= 0.3 is 35.8 Å². The van der Waals surface area contributed by atoms with Crippen LogP contribution in [0.4, 0.5) is 20.2 Å². The number of aliphatic carboxylic acids is 6. The Kier molecular flexibility index (Phi) is 32.3. The Morgan fingerprint density at radius 1 is 0.352 bits per heavy atom. The summed E-state index contributed by atoms with van der Waals surface area (Å²) in [6.07, 6.45) is -0.0848. The standard InChI is InChI=1S/C20H20Cl2N2O3.C18H16ClNO3.C17H13Cl2NO3.C16H10Cl3NO3.2C16H10Cl2FNO3/c1-20(2,3)10-23-11-4-5-12-15(8-11)24(9-16(25)26)18-13(19(12)27)6-7-14(21)17(18)22;1-20(2)17-14(19)8-7-12-16(17)13(9-15(21)22)10-5-3-4-6-11(10)18(12)23;1-8-3-4-10-15(9(8)2)20(7-13(21)22)16-11(17(10)23)5-6-12(18)14(16)19;1-7-4-12-9(5-11(7)18)16(23)8-2-3-10(17)14(19)15(8)20(12)6-13(21)22;1-7-4-12-9(5-11(7)19)16(23)8-2-3-10(17)14(18)15(8)20(12)6-13(21)22;1-7-10(19)4-5-11-13(7)16(23)8-2-3-9(17)14(18)15(8)20(11)6-12(21)22/h4-8,23H,9-10H2,1-3H3,(H,25,26);3-8,13H,9H2,1-2H3,(H,21,22);3-6H,7H2,1-2H3,(H,21,22);3*2-5H,6H2,1H3,(H,21,22). The number of benzene rings is 12. The van der Waals surface area contributed by atoms with E-state index >= 15 is 0 Å². The molecule has 25 nitrogen and oxygen atoms in total. The molecule has 5 heterocycles. The van der Waals surface area contributed by atoms with Gasteiger partial charge in [-0.2, -0.15) is 0 Å². The Bertz CT molecular complexity index is 8290. The monoisotopic (exact) mass is 2160 g/mol. The molecule has 12 aromatic carbocycles. The fraction of sp³-hybridized carbons (Fsp3) is 0.184. The number of aromatic nitrogens is 5. The molecule has 1 atom stereocenters. The fourth-order valence-electron chi connectivity index (χ4n) is 17.1. The number of halogens is 14. The number of carbonyl (C=O) groups is 7. The van der Waals surface area contributed by atoms with Gasteiger partial charge in [-0.3, -0.25) is 57.5 Å². The topological polar surface area (TPSA) is 366 Å². The molecular formula is C103H79Cl12F2N7O18. The fourth-order valence-corrected chi connectivity index (χ4v) is 19.7. The van der Waals surface area contributed by atoms with Crippen LogP contribution in [-0.4, -0.2) is 116 Å². The Morgan fingerprint density at radius 2 is 0.725 bits per heavy atom. The number of aryl methyl sites for hydroxylation is 5. The van der Waals surface area contributed by atoms with Crippen molar-refractivity contribution >= 4 is 301 Å². The second-order valence-electron chi connectivity index (χ2n) is 34.5. The summed E-state index contributed by atoms with van der Waals surface area (Å²) in [4.78, 5) is 146. The highest BCUT2D eigenvalue weighted by Crippen LogP contribution is 2.47. The maximum Gasteiger partial charge on any atom is 0.323 e. The lowest BCUT2D eigenvalue weighted by Crippen LogP contribution is -2.25. The van der Waals surface area contributed by atoms with Crippen LogP contribution in [0.5, 0.6) is 0 Å². The lowest BCUT2D eigenvalue weighted by Gasteiger charge is -2.31. The molecule has 5 aromatic heterocycles. The van der Waals surface area contributed by atoms with Crippen LogP contribution in [0.25, 0.3) is 109 Å². The van der Waals surface area contributed by atoms with Gasteiger partial charge < -0.3 is 63.7 Å². The number of rotatable bonds is 15. The minimum Gasteiger partial charge on any atom is -0.481 e. The van der Waals surface area contributed by atoms with Crippen molar-refractivity contribution < 1.29 is 73.0 Å². The molecule has 0 amide bonds. The molecular weight excluding hydrogens is 2090 g/mol. The summed E-state index contributed by atoms with van der Waals surface area (Å²) in [7, 11) is 3.68. The van der Waals surface area contributed by atoms with Crippen LogP contribution in [0.15, 0.2) is 188 Å². The van der Waals surface area contributed by atoms with Crippen LogP contribution in [0.1, 0.15) is 88.0 Å². The molecule has 7 N–H and O–H groups in total. The van der Waals surface area contributed by atoms with Gasteiger partial charge in [-0.15, -0.1) is 0 Å². The van der Waals surface area contributed by atoms with Crippen molar-refractivity contribution in [2.24, 2.45) is 5.41 Å². The van der Waals surface area contributed by atoms with E-state index < -0.39 is 77.3 Å². The zero-order chi connectivity index (χ0) is 104. The predicted octanol–water partition coefficient (Wildman–Crippen LogP) is 25.2. The van der Waals surface area contributed by atoms with Crippen LogP contribution in [0, 0.1) is 51.7 Å². The Balaban J connectivity index is 0.000000143. The van der Waals surface area contributed by atoms with E-state index in [2.05, 4.69) is 26.1 Å². The number of ketones is 1. The second-order valence-corrected chi connectivity index (χ2v) is 39.2. The largest absolute Gasteiger partial charge is 0.481 e. The third kappa shape index (κ3) is 21.3. The van der Waals surface area contributed by atoms with Crippen molar-refractivity contribution in [1.29, 1.82) is 0 Å². The highest BCUT2D eigenvalue weighted by atomic mass is 35.5. The van der Waals surface area contributed by atoms with E-state index in [4.69, 9.17) is 139 Å². The van der Waals surface area contributed by atoms with Gasteiger partial charge in [0.2, 0.25) is 0 Å². The van der Waals surface area contributed by atoms with E-state index in [1.807, 2.05) is 57.1 Å². The van der Waals surface area contributed by atoms with Crippen molar-refractivity contribution in [3.63, 3.8) is 0 Å². The molecule has 0 saturated carbocycles. The summed E-state index contributed by atoms with van der Waals surface area (Å²) in [5, 5.41) is 64.7. The van der Waals surface area contributed by atoms with Gasteiger partial charge in [0.05, 0.1) is 128 Å². The minimum atomic E-state index is -1.12. The highest BCUT2D eigenvalue weighted by Gasteiger charge is 2.36. The zero-order valence-corrected chi connectivity index (χ0v) is 85.2. The summed E-state index contributed by atoms with van der Waals surface area (Å²) < 4.78 is 35.0. The first-order valence-electron chi connectivity index (χ1n) is 42.6. The molecule has 0 fully saturated rings. The SMILES string of the molecule is CC(C)(C)CNc1ccc2c(=O)c3ccc(Cl)c(Cl)c3n(CC(=O)O)c2c1.CN(C)c1c(Cl)ccc2c1C(CC(=O)O)c1ccccc1C2=O.Cc1c(F)ccc2c1c(=O)c1ccc(Cl)c(Cl)c1n2CC(=O)O.Cc1cc2c(cc1Cl)c(=O)c1ccc(Cl)c(Cl)c1n2CC(=O)O.Cc1cc2c(cc1F)c(=O)c1ccc(Cl)c(Cl)c1n2CC(=O)O.Cc1ccc2c(=O)c3ccc(Cl)c(Cl)c3n(CC(=O)O)c2c1C. The summed E-state index contributed by atoms with van der Waals surface area (Å²) in [6, 6.07) is 43.0. The van der Waals surface area contributed by atoms with Gasteiger partial charge in [-0.25, -0.2) is 8.78 Å². The first-order valence-corrected chi connectivity index (χ1v) is 47.1. The smallest absolute Gasteiger partial charge is 0.323 e. The number of anilines is 2. The van der Waals surface area contributed by atoms with Gasteiger partial charge in [0.15, 0.2) is 32.9 Å². The number of carbonyl (C=O) groups excluding carboxylic acids is 1. The Labute approximate surface area is 863 Å². The van der Waals surface area contributed by atoms with Crippen LogP contribution in [0.2, 0.25) is 60.3 Å². The molecule has 0 aliphatic heterocycles. The first kappa shape index (κ1) is 107. The predicted molar refractivity (Wildman–Crippen MR) is 563 cm³/mol. The lowest BCUT2D eigenvalue weighted by molar-refractivity contribution is -0.138. The minimum absolute atomic E-state index is 0.0654. The van der Waals surface area contributed by atoms with Gasteiger partial charge in [0.1, 0.15) is 44.4 Å². The van der Waals surface area contributed by atoms with Gasteiger partial charge in [-0.1, -0.05) is 190 Å². The quantitative estimate of drug-likeness (QED) is 0.0469. The molecule has 732 valence electrons. The van der Waals surface area contributed by atoms with Crippen LogP contribution < -0.4 is 37.4 Å². The lowest BCUT2D eigenvalue weighted by atomic mass is 9.75. The Hall–Kier alpha value is -12.6. The van der Waals surface area contributed by atoms with Gasteiger partial charge in [-0.05, 0) is 212 Å². The van der Waals surface area contributed by atoms with Crippen LogP contribution in [-0.2, 0) is 61.5 Å². The zero-order valence-electron chi connectivity index (χ0n) is 76.2. The summed E-state index contributed by atoms with van der Waals surface area (Å²) in [6.45, 7) is 13.8. The molecule has 1 aliphatic carbocycles. The van der Waals surface area contributed by atoms with Gasteiger partial charge in [0.25, 0.3) is 0 Å². The van der Waals surface area contributed by atoms with Crippen LogP contribution >= 0.6 is 139 Å². The average Bonchev–Trinajstić information content (AvgIpc) is 0.735. The Morgan fingerprint density at radius 3 is 1.17 bits per heavy atom. The molecule has 0 spiro atoms. The summed E-state index contributed by atoms with van der Waals surface area (Å²) in [5.41, 5.74) is 9.22. The number of hydrogen-bond acceptors (Lipinski definition) is 14. The van der Waals surface area contributed by atoms with E-state index in [9.17, 15) is 97.0 Å². The van der Waals surface area contributed by atoms with E-state index in [-0.39, 0.29) is 142 Å². The summed E-state index contributed by atoms with van der Waals surface area (Å²) >= 11 is 74.0. The molecule has 0 bridgehead atoms. The number of fused-ring (bicyclic) bond motifs is 12. The molecule has 39 heteroatoms. The number of carboxylic acids is 6. The molecule has 18 rings (SSSR count). The number of carboxylic acid groups (broad SMARTS) is 6. The first-order chi connectivity index (χ1) is 66.8.